The van der Waals surface area contributed by atoms with E-state index >= 15 is 0 Å². The summed E-state index contributed by atoms with van der Waals surface area (Å²) in [4.78, 5) is 26.6. The third kappa shape index (κ3) is 3.84. The van der Waals surface area contributed by atoms with Crippen LogP contribution in [-0.4, -0.2) is 38.8 Å². The van der Waals surface area contributed by atoms with Crippen LogP contribution in [0.15, 0.2) is 48.9 Å². The second kappa shape index (κ2) is 8.50. The van der Waals surface area contributed by atoms with Crippen molar-refractivity contribution in [1.82, 2.24) is 15.0 Å². The lowest BCUT2D eigenvalue weighted by molar-refractivity contribution is 0.0142. The Hall–Kier alpha value is -3.46. The van der Waals surface area contributed by atoms with Gasteiger partial charge in [0.05, 0.1) is 23.6 Å². The lowest BCUT2D eigenvalue weighted by atomic mass is 10.1. The number of carbonyl (C=O) groups excluding carboxylic acids is 1. The quantitative estimate of drug-likeness (QED) is 0.703. The standard InChI is InChI=1S/C21H18F2N4O3/c22-14-6-3-7-15(23)18(14)20-25-12-16(28)19(26-20)21(29)27(13-5-4-9-24-11-13)17-8-1-2-10-30-17/h3-7,9,11-12,17,28H,1-2,8,10H2. The van der Waals surface area contributed by atoms with Crippen molar-refractivity contribution in [1.29, 1.82) is 0 Å². The van der Waals surface area contributed by atoms with Gasteiger partial charge < -0.3 is 9.84 Å². The molecule has 2 aromatic heterocycles. The van der Waals surface area contributed by atoms with Gasteiger partial charge in [-0.05, 0) is 43.5 Å². The van der Waals surface area contributed by atoms with Crippen LogP contribution in [0.1, 0.15) is 29.8 Å². The number of carbonyl (C=O) groups is 1. The van der Waals surface area contributed by atoms with Crippen LogP contribution in [0.2, 0.25) is 0 Å². The number of nitrogens with zero attached hydrogens (tertiary/aromatic N) is 4. The molecule has 1 fully saturated rings. The number of rotatable bonds is 4. The maximum atomic E-state index is 14.2. The number of ether oxygens (including phenoxy) is 1. The van der Waals surface area contributed by atoms with Gasteiger partial charge in [0, 0.05) is 12.8 Å². The molecule has 0 bridgehead atoms. The molecule has 1 amide bonds. The number of halogens is 2. The first-order valence-electron chi connectivity index (χ1n) is 9.42. The van der Waals surface area contributed by atoms with E-state index in [-0.39, 0.29) is 11.5 Å². The van der Waals surface area contributed by atoms with Crippen molar-refractivity contribution < 1.29 is 23.4 Å². The van der Waals surface area contributed by atoms with Crippen molar-refractivity contribution in [2.75, 3.05) is 11.5 Å². The van der Waals surface area contributed by atoms with Crippen LogP contribution in [0.25, 0.3) is 11.4 Å². The van der Waals surface area contributed by atoms with Gasteiger partial charge in [-0.2, -0.15) is 0 Å². The van der Waals surface area contributed by atoms with Crippen LogP contribution < -0.4 is 4.90 Å². The van der Waals surface area contributed by atoms with Crippen LogP contribution in [-0.2, 0) is 4.74 Å². The third-order valence-corrected chi connectivity index (χ3v) is 4.74. The summed E-state index contributed by atoms with van der Waals surface area (Å²) in [6, 6.07) is 6.68. The number of pyridine rings is 1. The van der Waals surface area contributed by atoms with Gasteiger partial charge in [-0.15, -0.1) is 0 Å². The number of amides is 1. The molecule has 0 spiro atoms. The van der Waals surface area contributed by atoms with E-state index in [1.807, 2.05) is 0 Å². The predicted molar refractivity (Wildman–Crippen MR) is 104 cm³/mol. The SMILES string of the molecule is O=C(c1nc(-c2c(F)cccc2F)ncc1O)N(c1cccnc1)C1CCCCO1. The first-order valence-corrected chi connectivity index (χ1v) is 9.42. The summed E-state index contributed by atoms with van der Waals surface area (Å²) in [5.74, 6) is -3.29. The van der Waals surface area contributed by atoms with Gasteiger partial charge in [0.15, 0.2) is 17.3 Å². The second-order valence-electron chi connectivity index (χ2n) is 6.73. The summed E-state index contributed by atoms with van der Waals surface area (Å²) >= 11 is 0. The largest absolute Gasteiger partial charge is 0.504 e. The van der Waals surface area contributed by atoms with Crippen molar-refractivity contribution in [3.8, 4) is 17.1 Å². The molecule has 0 radical (unpaired) electrons. The van der Waals surface area contributed by atoms with E-state index in [9.17, 15) is 18.7 Å². The number of anilines is 1. The molecule has 1 saturated heterocycles. The van der Waals surface area contributed by atoms with Gasteiger partial charge >= 0.3 is 0 Å². The number of aromatic nitrogens is 3. The molecule has 0 aliphatic carbocycles. The van der Waals surface area contributed by atoms with Gasteiger partial charge in [-0.25, -0.2) is 18.7 Å². The average molecular weight is 412 g/mol. The van der Waals surface area contributed by atoms with Crippen LogP contribution in [0.3, 0.4) is 0 Å². The van der Waals surface area contributed by atoms with Crippen LogP contribution >= 0.6 is 0 Å². The van der Waals surface area contributed by atoms with Crippen LogP contribution in [0.4, 0.5) is 14.5 Å². The van der Waals surface area contributed by atoms with E-state index < -0.39 is 35.1 Å². The molecular formula is C21H18F2N4O3. The van der Waals surface area contributed by atoms with Gasteiger partial charge in [-0.1, -0.05) is 6.07 Å². The average Bonchev–Trinajstić information content (AvgIpc) is 2.76. The monoisotopic (exact) mass is 412 g/mol. The maximum Gasteiger partial charge on any atom is 0.283 e. The van der Waals surface area contributed by atoms with E-state index in [1.54, 1.807) is 18.3 Å². The molecule has 154 valence electrons. The fraction of sp³-hybridized carbons (Fsp3) is 0.238. The highest BCUT2D eigenvalue weighted by Gasteiger charge is 2.32. The van der Waals surface area contributed by atoms with Crippen molar-refractivity contribution in [3.05, 3.63) is 66.3 Å². The van der Waals surface area contributed by atoms with E-state index in [0.29, 0.717) is 18.7 Å². The zero-order valence-electron chi connectivity index (χ0n) is 15.8. The first kappa shape index (κ1) is 19.8. The molecule has 3 aromatic rings. The summed E-state index contributed by atoms with van der Waals surface area (Å²) in [7, 11) is 0. The fourth-order valence-electron chi connectivity index (χ4n) is 3.32. The molecule has 1 aliphatic rings. The van der Waals surface area contributed by atoms with Gasteiger partial charge in [0.25, 0.3) is 5.91 Å². The van der Waals surface area contributed by atoms with Gasteiger partial charge in [0.2, 0.25) is 0 Å². The molecule has 1 aliphatic heterocycles. The smallest absolute Gasteiger partial charge is 0.283 e. The Labute approximate surface area is 171 Å². The fourth-order valence-corrected chi connectivity index (χ4v) is 3.32. The molecule has 7 nitrogen and oxygen atoms in total. The molecule has 4 rings (SSSR count). The van der Waals surface area contributed by atoms with Gasteiger partial charge in [-0.3, -0.25) is 14.7 Å². The zero-order chi connectivity index (χ0) is 21.1. The lowest BCUT2D eigenvalue weighted by Gasteiger charge is -2.33. The number of hydrogen-bond donors (Lipinski definition) is 1. The predicted octanol–water partition coefficient (Wildman–Crippen LogP) is 3.70. The molecule has 1 N–H and O–H groups in total. The summed E-state index contributed by atoms with van der Waals surface area (Å²) < 4.78 is 34.1. The van der Waals surface area contributed by atoms with Crippen molar-refractivity contribution in [3.63, 3.8) is 0 Å². The molecular weight excluding hydrogens is 394 g/mol. The Bertz CT molecular complexity index is 1040. The highest BCUT2D eigenvalue weighted by Crippen LogP contribution is 2.29. The molecule has 0 saturated carbocycles. The highest BCUT2D eigenvalue weighted by molar-refractivity contribution is 6.06. The highest BCUT2D eigenvalue weighted by atomic mass is 19.1. The molecule has 9 heteroatoms. The second-order valence-corrected chi connectivity index (χ2v) is 6.73. The Balaban J connectivity index is 1.78. The molecule has 1 unspecified atom stereocenters. The normalized spacial score (nSPS) is 16.3. The minimum Gasteiger partial charge on any atom is -0.504 e. The lowest BCUT2D eigenvalue weighted by Crippen LogP contribution is -2.44. The van der Waals surface area contributed by atoms with Crippen molar-refractivity contribution >= 4 is 11.6 Å². The maximum absolute atomic E-state index is 14.2. The molecule has 1 aromatic carbocycles. The molecule has 30 heavy (non-hydrogen) atoms. The Morgan fingerprint density at radius 1 is 1.13 bits per heavy atom. The van der Waals surface area contributed by atoms with Crippen LogP contribution in [0.5, 0.6) is 5.75 Å². The Morgan fingerprint density at radius 2 is 1.93 bits per heavy atom. The van der Waals surface area contributed by atoms with E-state index in [4.69, 9.17) is 4.74 Å². The van der Waals surface area contributed by atoms with E-state index in [1.165, 1.54) is 17.2 Å². The van der Waals surface area contributed by atoms with E-state index in [2.05, 4.69) is 15.0 Å². The van der Waals surface area contributed by atoms with Gasteiger partial charge in [0.1, 0.15) is 17.9 Å². The molecule has 3 heterocycles. The minimum atomic E-state index is -0.876. The summed E-state index contributed by atoms with van der Waals surface area (Å²) in [5.41, 5.74) is -0.417. The number of hydrogen-bond acceptors (Lipinski definition) is 6. The number of benzene rings is 1. The zero-order valence-corrected chi connectivity index (χ0v) is 15.8. The first-order chi connectivity index (χ1) is 14.6. The Kier molecular flexibility index (Phi) is 5.62. The number of aromatic hydroxyl groups is 1. The Morgan fingerprint density at radius 3 is 2.60 bits per heavy atom. The topological polar surface area (TPSA) is 88.4 Å². The minimum absolute atomic E-state index is 0.345. The molecule has 1 atom stereocenters. The van der Waals surface area contributed by atoms with E-state index in [0.717, 1.165) is 31.2 Å². The van der Waals surface area contributed by atoms with Crippen LogP contribution in [0, 0.1) is 11.6 Å². The summed E-state index contributed by atoms with van der Waals surface area (Å²) in [6.07, 6.45) is 5.74. The summed E-state index contributed by atoms with van der Waals surface area (Å²) in [5, 5.41) is 10.3. The summed E-state index contributed by atoms with van der Waals surface area (Å²) in [6.45, 7) is 0.482. The third-order valence-electron chi connectivity index (χ3n) is 4.74. The van der Waals surface area contributed by atoms with Crippen molar-refractivity contribution in [2.45, 2.75) is 25.5 Å². The van der Waals surface area contributed by atoms with Crippen molar-refractivity contribution in [2.24, 2.45) is 0 Å².